The van der Waals surface area contributed by atoms with Crippen molar-refractivity contribution >= 4 is 17.2 Å². The summed E-state index contributed by atoms with van der Waals surface area (Å²) < 4.78 is 5.15. The minimum absolute atomic E-state index is 0.0691. The largest absolute Gasteiger partial charge is 0.497 e. The van der Waals surface area contributed by atoms with Crippen molar-refractivity contribution in [2.45, 2.75) is 25.3 Å². The van der Waals surface area contributed by atoms with Crippen molar-refractivity contribution in [3.8, 4) is 5.75 Å². The molecule has 0 bridgehead atoms. The van der Waals surface area contributed by atoms with Crippen LogP contribution in [0.1, 0.15) is 30.0 Å². The Balaban J connectivity index is 1.56. The minimum Gasteiger partial charge on any atom is -0.497 e. The van der Waals surface area contributed by atoms with E-state index in [0.717, 1.165) is 24.4 Å². The van der Waals surface area contributed by atoms with E-state index in [-0.39, 0.29) is 5.91 Å². The van der Waals surface area contributed by atoms with Crippen molar-refractivity contribution in [1.82, 2.24) is 10.2 Å². The average molecular weight is 344 g/mol. The van der Waals surface area contributed by atoms with Crippen LogP contribution >= 0.6 is 11.3 Å². The molecule has 0 aliphatic carbocycles. The molecule has 5 heteroatoms. The smallest absolute Gasteiger partial charge is 0.224 e. The second-order valence-corrected chi connectivity index (χ2v) is 6.92. The van der Waals surface area contributed by atoms with Crippen LogP contribution in [-0.2, 0) is 11.2 Å². The van der Waals surface area contributed by atoms with Gasteiger partial charge in [0.2, 0.25) is 5.91 Å². The molecule has 2 heterocycles. The molecule has 1 saturated heterocycles. The molecule has 1 amide bonds. The maximum Gasteiger partial charge on any atom is 0.224 e. The van der Waals surface area contributed by atoms with Gasteiger partial charge in [-0.3, -0.25) is 9.69 Å². The van der Waals surface area contributed by atoms with E-state index in [0.29, 0.717) is 19.0 Å². The number of thiophene rings is 1. The number of carbonyl (C=O) groups excluding carboxylic acids is 1. The lowest BCUT2D eigenvalue weighted by Crippen LogP contribution is -2.37. The Hall–Kier alpha value is -1.85. The number of nitrogens with one attached hydrogen (secondary N) is 1. The Bertz CT molecular complexity index is 634. The summed E-state index contributed by atoms with van der Waals surface area (Å²) >= 11 is 1.72. The molecule has 0 saturated carbocycles. The van der Waals surface area contributed by atoms with E-state index in [1.165, 1.54) is 18.4 Å². The van der Waals surface area contributed by atoms with Gasteiger partial charge in [0.25, 0.3) is 0 Å². The van der Waals surface area contributed by atoms with Gasteiger partial charge in [-0.2, -0.15) is 11.3 Å². The van der Waals surface area contributed by atoms with E-state index in [2.05, 4.69) is 27.0 Å². The Morgan fingerprint density at radius 1 is 1.25 bits per heavy atom. The summed E-state index contributed by atoms with van der Waals surface area (Å²) in [5.74, 6) is 0.880. The zero-order valence-electron chi connectivity index (χ0n) is 14.0. The number of amides is 1. The molecule has 0 radical (unpaired) electrons. The molecule has 1 fully saturated rings. The van der Waals surface area contributed by atoms with Gasteiger partial charge in [-0.15, -0.1) is 0 Å². The number of hydrogen-bond donors (Lipinski definition) is 1. The molecule has 2 aromatic rings. The zero-order chi connectivity index (χ0) is 16.8. The predicted octanol–water partition coefficient (Wildman–Crippen LogP) is 3.25. The molecule has 1 aliphatic rings. The summed E-state index contributed by atoms with van der Waals surface area (Å²) in [6, 6.07) is 10.1. The lowest BCUT2D eigenvalue weighted by atomic mass is 10.1. The van der Waals surface area contributed by atoms with Gasteiger partial charge in [-0.25, -0.2) is 0 Å². The Kier molecular flexibility index (Phi) is 5.88. The zero-order valence-corrected chi connectivity index (χ0v) is 14.8. The maximum atomic E-state index is 12.3. The Morgan fingerprint density at radius 2 is 2.00 bits per heavy atom. The first kappa shape index (κ1) is 17.0. The van der Waals surface area contributed by atoms with Crippen LogP contribution in [0.4, 0.5) is 0 Å². The van der Waals surface area contributed by atoms with Crippen molar-refractivity contribution in [2.24, 2.45) is 0 Å². The maximum absolute atomic E-state index is 12.3. The second-order valence-electron chi connectivity index (χ2n) is 6.14. The number of ether oxygens (including phenoxy) is 1. The molecule has 0 unspecified atom stereocenters. The Morgan fingerprint density at radius 3 is 2.62 bits per heavy atom. The molecule has 1 atom stereocenters. The highest BCUT2D eigenvalue weighted by Crippen LogP contribution is 2.26. The highest BCUT2D eigenvalue weighted by Gasteiger charge is 2.24. The number of likely N-dealkylation sites (tertiary alicyclic amines) is 1. The second kappa shape index (κ2) is 8.31. The van der Waals surface area contributed by atoms with Gasteiger partial charge in [0.15, 0.2) is 0 Å². The average Bonchev–Trinajstić information content (AvgIpc) is 3.30. The highest BCUT2D eigenvalue weighted by molar-refractivity contribution is 7.07. The van der Waals surface area contributed by atoms with Crippen LogP contribution in [0, 0.1) is 0 Å². The van der Waals surface area contributed by atoms with Crippen molar-refractivity contribution in [2.75, 3.05) is 26.7 Å². The number of hydrogen-bond acceptors (Lipinski definition) is 4. The van der Waals surface area contributed by atoms with Crippen LogP contribution in [0.15, 0.2) is 41.1 Å². The van der Waals surface area contributed by atoms with Crippen LogP contribution in [0.3, 0.4) is 0 Å². The fraction of sp³-hybridized carbons (Fsp3) is 0.421. The fourth-order valence-corrected chi connectivity index (χ4v) is 3.88. The van der Waals surface area contributed by atoms with Gasteiger partial charge in [-0.05, 0) is 66.0 Å². The Labute approximate surface area is 147 Å². The van der Waals surface area contributed by atoms with Crippen molar-refractivity contribution in [1.29, 1.82) is 0 Å². The van der Waals surface area contributed by atoms with Crippen LogP contribution in [0.25, 0.3) is 0 Å². The molecule has 1 aliphatic heterocycles. The van der Waals surface area contributed by atoms with Gasteiger partial charge in [-0.1, -0.05) is 12.1 Å². The summed E-state index contributed by atoms with van der Waals surface area (Å²) in [7, 11) is 1.64. The van der Waals surface area contributed by atoms with Crippen molar-refractivity contribution in [3.05, 3.63) is 52.2 Å². The first-order valence-corrected chi connectivity index (χ1v) is 9.36. The van der Waals surface area contributed by atoms with E-state index in [9.17, 15) is 4.79 Å². The number of nitrogens with zero attached hydrogens (tertiary/aromatic N) is 1. The van der Waals surface area contributed by atoms with Crippen LogP contribution in [0.2, 0.25) is 0 Å². The third-order valence-corrected chi connectivity index (χ3v) is 5.23. The molecule has 24 heavy (non-hydrogen) atoms. The van der Waals surface area contributed by atoms with Crippen LogP contribution in [0.5, 0.6) is 5.75 Å². The first-order chi connectivity index (χ1) is 11.8. The van der Waals surface area contributed by atoms with Gasteiger partial charge in [0.1, 0.15) is 5.75 Å². The van der Waals surface area contributed by atoms with Gasteiger partial charge >= 0.3 is 0 Å². The molecule has 4 nitrogen and oxygen atoms in total. The lowest BCUT2D eigenvalue weighted by Gasteiger charge is -2.27. The third kappa shape index (κ3) is 4.36. The normalized spacial score (nSPS) is 16.0. The molecular formula is C19H24N2O2S. The summed E-state index contributed by atoms with van der Waals surface area (Å²) in [5.41, 5.74) is 2.31. The van der Waals surface area contributed by atoms with E-state index >= 15 is 0 Å². The van der Waals surface area contributed by atoms with Crippen molar-refractivity contribution < 1.29 is 9.53 Å². The molecule has 1 N–H and O–H groups in total. The predicted molar refractivity (Wildman–Crippen MR) is 97.6 cm³/mol. The van der Waals surface area contributed by atoms with Gasteiger partial charge < -0.3 is 10.1 Å². The number of rotatable bonds is 7. The van der Waals surface area contributed by atoms with E-state index in [1.807, 2.05) is 24.3 Å². The molecule has 128 valence electrons. The summed E-state index contributed by atoms with van der Waals surface area (Å²) in [6.07, 6.45) is 2.90. The standard InChI is InChI=1S/C19H24N2O2S/c1-23-17-6-4-15(5-7-17)12-19(22)20-13-18(16-8-11-24-14-16)21-9-2-3-10-21/h4-8,11,14,18H,2-3,9-10,12-13H2,1H3,(H,20,22)/t18-/m0/s1. The van der Waals surface area contributed by atoms with Crippen molar-refractivity contribution in [3.63, 3.8) is 0 Å². The minimum atomic E-state index is 0.0691. The number of benzene rings is 1. The SMILES string of the molecule is COc1ccc(CC(=O)NC[C@@H](c2ccsc2)N2CCCC2)cc1. The molecule has 0 spiro atoms. The summed E-state index contributed by atoms with van der Waals surface area (Å²) in [4.78, 5) is 14.8. The van der Waals surface area contributed by atoms with E-state index in [4.69, 9.17) is 4.74 Å². The number of methoxy groups -OCH3 is 1. The summed E-state index contributed by atoms with van der Waals surface area (Å²) in [6.45, 7) is 2.91. The third-order valence-electron chi connectivity index (χ3n) is 4.53. The molecular weight excluding hydrogens is 320 g/mol. The quantitative estimate of drug-likeness (QED) is 0.838. The van der Waals surface area contributed by atoms with Crippen LogP contribution < -0.4 is 10.1 Å². The molecule has 3 rings (SSSR count). The lowest BCUT2D eigenvalue weighted by molar-refractivity contribution is -0.120. The first-order valence-electron chi connectivity index (χ1n) is 8.42. The van der Waals surface area contributed by atoms with Gasteiger partial charge in [0, 0.05) is 6.54 Å². The summed E-state index contributed by atoms with van der Waals surface area (Å²) in [5, 5.41) is 7.42. The molecule has 1 aromatic heterocycles. The monoisotopic (exact) mass is 344 g/mol. The van der Waals surface area contributed by atoms with E-state index < -0.39 is 0 Å². The highest BCUT2D eigenvalue weighted by atomic mass is 32.1. The van der Waals surface area contributed by atoms with Gasteiger partial charge in [0.05, 0.1) is 19.6 Å². The van der Waals surface area contributed by atoms with E-state index in [1.54, 1.807) is 18.4 Å². The fourth-order valence-electron chi connectivity index (χ4n) is 3.18. The molecule has 1 aromatic carbocycles. The topological polar surface area (TPSA) is 41.6 Å². The van der Waals surface area contributed by atoms with Crippen LogP contribution in [-0.4, -0.2) is 37.6 Å². The number of carbonyl (C=O) groups is 1.